The van der Waals surface area contributed by atoms with Gasteiger partial charge in [0.25, 0.3) is 0 Å². The fraction of sp³-hybridized carbons (Fsp3) is 0.143. The molecule has 3 aliphatic rings. The zero-order chi connectivity index (χ0) is 29.0. The zero-order valence-corrected chi connectivity index (χ0v) is 19.7. The smallest absolute Gasteiger partial charge is 0.406 e. The van der Waals surface area contributed by atoms with E-state index in [2.05, 4.69) is 9.47 Å². The molecule has 2 aromatic carbocycles. The molecule has 196 valence electrons. The molecule has 0 radical (unpaired) electrons. The average molecular weight is 548 g/mol. The lowest BCUT2D eigenvalue weighted by Crippen LogP contribution is -2.24. The summed E-state index contributed by atoms with van der Waals surface area (Å²) in [5.41, 5.74) is 1.93. The molecule has 0 spiro atoms. The Morgan fingerprint density at radius 2 is 1.27 bits per heavy atom. The van der Waals surface area contributed by atoms with E-state index in [1.54, 1.807) is 30.3 Å². The third-order valence-corrected chi connectivity index (χ3v) is 6.51. The summed E-state index contributed by atoms with van der Waals surface area (Å²) >= 11 is 0. The summed E-state index contributed by atoms with van der Waals surface area (Å²) in [5, 5.41) is 38.6. The van der Waals surface area contributed by atoms with Crippen molar-refractivity contribution in [3.05, 3.63) is 81.5 Å². The molecule has 0 aliphatic heterocycles. The maximum absolute atomic E-state index is 12.9. The van der Waals surface area contributed by atoms with E-state index in [4.69, 9.17) is 0 Å². The number of rotatable bonds is 2. The Kier molecular flexibility index (Phi) is 6.03. The van der Waals surface area contributed by atoms with Crippen molar-refractivity contribution in [1.29, 1.82) is 21.0 Å². The summed E-state index contributed by atoms with van der Waals surface area (Å²) in [7, 11) is 0. The molecule has 0 fully saturated rings. The van der Waals surface area contributed by atoms with E-state index in [1.807, 2.05) is 0 Å². The highest BCUT2D eigenvalue weighted by atomic mass is 19.4. The summed E-state index contributed by atoms with van der Waals surface area (Å²) in [6, 6.07) is 13.5. The van der Waals surface area contributed by atoms with E-state index in [1.165, 1.54) is 24.3 Å². The normalized spacial score (nSPS) is 16.6. The lowest BCUT2D eigenvalue weighted by Gasteiger charge is -2.21. The molecular formula is C28H10F6N4O2. The number of fused-ring (bicyclic) bond motifs is 5. The van der Waals surface area contributed by atoms with E-state index in [0.29, 0.717) is 22.3 Å². The molecule has 0 aromatic heterocycles. The molecule has 0 saturated heterocycles. The number of ether oxygens (including phenoxy) is 2. The van der Waals surface area contributed by atoms with E-state index < -0.39 is 30.2 Å². The summed E-state index contributed by atoms with van der Waals surface area (Å²) in [5.74, 6) is -0.577. The SMILES string of the molecule is N#CC(C#N)=C1C2=C(C=CC(OC(F)(F)F)C2)c2cc3c(cc21)C(=C(C#N)C#N)c1cc(OC(F)(F)F)ccc1-3. The minimum atomic E-state index is -4.99. The predicted octanol–water partition coefficient (Wildman–Crippen LogP) is 6.85. The van der Waals surface area contributed by atoms with Gasteiger partial charge in [0.15, 0.2) is 0 Å². The van der Waals surface area contributed by atoms with Crippen LogP contribution in [0.1, 0.15) is 28.7 Å². The van der Waals surface area contributed by atoms with Gasteiger partial charge in [-0.25, -0.2) is 0 Å². The summed E-state index contributed by atoms with van der Waals surface area (Å²) in [6.45, 7) is 0. The third kappa shape index (κ3) is 4.37. The highest BCUT2D eigenvalue weighted by Gasteiger charge is 2.39. The number of alkyl halides is 6. The summed E-state index contributed by atoms with van der Waals surface area (Å²) < 4.78 is 85.6. The Morgan fingerprint density at radius 3 is 1.88 bits per heavy atom. The number of nitrogens with zero attached hydrogens (tertiary/aromatic N) is 4. The highest BCUT2D eigenvalue weighted by Crippen LogP contribution is 2.54. The molecule has 0 saturated carbocycles. The van der Waals surface area contributed by atoms with Crippen LogP contribution in [-0.2, 0) is 4.74 Å². The number of benzene rings is 2. The predicted molar refractivity (Wildman–Crippen MR) is 126 cm³/mol. The molecule has 5 rings (SSSR count). The molecule has 0 bridgehead atoms. The van der Waals surface area contributed by atoms with Gasteiger partial charge in [0.2, 0.25) is 0 Å². The van der Waals surface area contributed by atoms with Gasteiger partial charge in [0, 0.05) is 17.6 Å². The molecule has 0 N–H and O–H groups in total. The van der Waals surface area contributed by atoms with E-state index >= 15 is 0 Å². The molecule has 1 unspecified atom stereocenters. The van der Waals surface area contributed by atoms with E-state index in [-0.39, 0.29) is 45.4 Å². The van der Waals surface area contributed by atoms with Crippen LogP contribution < -0.4 is 4.74 Å². The molecule has 0 heterocycles. The van der Waals surface area contributed by atoms with Crippen LogP contribution in [0.3, 0.4) is 0 Å². The van der Waals surface area contributed by atoms with Crippen LogP contribution in [0, 0.1) is 45.3 Å². The zero-order valence-electron chi connectivity index (χ0n) is 19.7. The summed E-state index contributed by atoms with van der Waals surface area (Å²) in [6.07, 6.45) is -9.05. The van der Waals surface area contributed by atoms with Crippen molar-refractivity contribution in [3.63, 3.8) is 0 Å². The quantitative estimate of drug-likeness (QED) is 0.256. The van der Waals surface area contributed by atoms with Gasteiger partial charge in [0.05, 0.1) is 6.10 Å². The first-order valence-corrected chi connectivity index (χ1v) is 11.2. The average Bonchev–Trinajstić information content (AvgIpc) is 3.34. The van der Waals surface area contributed by atoms with Crippen LogP contribution in [0.4, 0.5) is 26.3 Å². The molecule has 40 heavy (non-hydrogen) atoms. The van der Waals surface area contributed by atoms with Gasteiger partial charge < -0.3 is 4.74 Å². The van der Waals surface area contributed by atoms with Crippen LogP contribution in [0.15, 0.2) is 59.2 Å². The lowest BCUT2D eigenvalue weighted by molar-refractivity contribution is -0.336. The third-order valence-electron chi connectivity index (χ3n) is 6.51. The van der Waals surface area contributed by atoms with Gasteiger partial charge in [-0.05, 0) is 68.8 Å². The molecule has 2 aromatic rings. The van der Waals surface area contributed by atoms with Gasteiger partial charge in [0.1, 0.15) is 41.2 Å². The van der Waals surface area contributed by atoms with Gasteiger partial charge in [-0.2, -0.15) is 21.0 Å². The van der Waals surface area contributed by atoms with Gasteiger partial charge in [-0.3, -0.25) is 4.74 Å². The molecule has 6 nitrogen and oxygen atoms in total. The van der Waals surface area contributed by atoms with Gasteiger partial charge in [-0.1, -0.05) is 18.2 Å². The number of hydrogen-bond acceptors (Lipinski definition) is 6. The van der Waals surface area contributed by atoms with Crippen molar-refractivity contribution in [2.45, 2.75) is 25.2 Å². The summed E-state index contributed by atoms with van der Waals surface area (Å²) in [4.78, 5) is 0. The van der Waals surface area contributed by atoms with E-state index in [0.717, 1.165) is 12.1 Å². The van der Waals surface area contributed by atoms with Crippen LogP contribution in [0.5, 0.6) is 5.75 Å². The Labute approximate surface area is 221 Å². The second-order valence-corrected chi connectivity index (χ2v) is 8.70. The highest BCUT2D eigenvalue weighted by molar-refractivity contribution is 6.11. The van der Waals surface area contributed by atoms with Crippen LogP contribution in [-0.4, -0.2) is 18.8 Å². The van der Waals surface area contributed by atoms with Crippen LogP contribution >= 0.6 is 0 Å². The standard InChI is InChI=1S/C28H10F6N4O2/c29-27(30,31)39-15-1-3-17-19-7-20-18-4-2-16(40-28(32,33)34)6-22(18)26(14(11-37)12-38)24(20)8-23(19)25(21(17)5-15)13(9-35)10-36/h1-5,7-8,16H,6H2. The fourth-order valence-corrected chi connectivity index (χ4v) is 5.18. The van der Waals surface area contributed by atoms with Crippen LogP contribution in [0.2, 0.25) is 0 Å². The van der Waals surface area contributed by atoms with Crippen molar-refractivity contribution in [1.82, 2.24) is 0 Å². The molecular weight excluding hydrogens is 538 g/mol. The second-order valence-electron chi connectivity index (χ2n) is 8.70. The molecule has 3 aliphatic carbocycles. The Bertz CT molecular complexity index is 1770. The van der Waals surface area contributed by atoms with Crippen molar-refractivity contribution < 1.29 is 35.8 Å². The van der Waals surface area contributed by atoms with Crippen molar-refractivity contribution >= 4 is 16.7 Å². The van der Waals surface area contributed by atoms with E-state index in [9.17, 15) is 47.4 Å². The monoisotopic (exact) mass is 548 g/mol. The first kappa shape index (κ1) is 26.3. The number of allylic oxidation sites excluding steroid dienone is 5. The van der Waals surface area contributed by atoms with Crippen molar-refractivity contribution in [2.24, 2.45) is 0 Å². The topological polar surface area (TPSA) is 114 Å². The minimum absolute atomic E-state index is 0.0129. The first-order chi connectivity index (χ1) is 18.9. The molecule has 1 atom stereocenters. The number of nitriles is 4. The first-order valence-electron chi connectivity index (χ1n) is 11.2. The van der Waals surface area contributed by atoms with Crippen molar-refractivity contribution in [3.8, 4) is 41.2 Å². The van der Waals surface area contributed by atoms with Crippen LogP contribution in [0.25, 0.3) is 27.8 Å². The van der Waals surface area contributed by atoms with Gasteiger partial charge in [-0.15, -0.1) is 26.3 Å². The van der Waals surface area contributed by atoms with Gasteiger partial charge >= 0.3 is 12.7 Å². The lowest BCUT2D eigenvalue weighted by atomic mass is 9.90. The second kappa shape index (κ2) is 9.17. The largest absolute Gasteiger partial charge is 0.573 e. The number of hydrogen-bond donors (Lipinski definition) is 0. The Morgan fingerprint density at radius 1 is 0.700 bits per heavy atom. The Balaban J connectivity index is 1.76. The molecule has 12 heteroatoms. The maximum atomic E-state index is 12.9. The maximum Gasteiger partial charge on any atom is 0.573 e. The Hall–Kier alpha value is -5.30. The van der Waals surface area contributed by atoms with Crippen molar-refractivity contribution in [2.75, 3.05) is 0 Å². The minimum Gasteiger partial charge on any atom is -0.406 e. The number of halogens is 6. The molecule has 0 amide bonds. The fourth-order valence-electron chi connectivity index (χ4n) is 5.18.